The molecule has 0 fully saturated rings. The zero-order valence-electron chi connectivity index (χ0n) is 39.9. The third kappa shape index (κ3) is 49.4. The maximum atomic E-state index is 12.1. The molecule has 0 spiro atoms. The number of nitrogens with one attached hydrogen (secondary N) is 1. The number of unbranched alkanes of at least 4 members (excludes halogenated alkanes) is 32. The molecule has 0 heterocycles. The molecule has 0 aliphatic heterocycles. The Hall–Kier alpha value is -1.51. The molecule has 0 bridgehead atoms. The number of esters is 1. The van der Waals surface area contributed by atoms with Gasteiger partial charge in [0.1, 0.15) is 12.7 Å². The van der Waals surface area contributed by atoms with Crippen LogP contribution >= 0.6 is 7.82 Å². The number of carbonyl (C=O) groups is 2. The number of rotatable bonds is 49. The van der Waals surface area contributed by atoms with Crippen molar-refractivity contribution in [2.24, 2.45) is 0 Å². The van der Waals surface area contributed by atoms with Gasteiger partial charge >= 0.3 is 13.8 Å². The van der Waals surface area contributed by atoms with Crippen LogP contribution in [-0.4, -0.2) is 54.3 Å². The third-order valence-corrected chi connectivity index (χ3v) is 12.4. The van der Waals surface area contributed by atoms with Crippen molar-refractivity contribution in [2.75, 3.05) is 26.4 Å². The van der Waals surface area contributed by atoms with Gasteiger partial charge in [-0.3, -0.25) is 18.6 Å². The molecule has 360 valence electrons. The zero-order valence-corrected chi connectivity index (χ0v) is 40.8. The number of hydrogen-bond acceptors (Lipinski definition) is 7. The van der Waals surface area contributed by atoms with Gasteiger partial charge in [0.25, 0.3) is 0 Å². The number of hydrogen-bond donors (Lipinski definition) is 3. The smallest absolute Gasteiger partial charge is 0.463 e. The molecule has 0 radical (unpaired) electrons. The molecular weight excluding hydrogens is 786 g/mol. The lowest BCUT2D eigenvalue weighted by atomic mass is 10.0. The van der Waals surface area contributed by atoms with Crippen molar-refractivity contribution in [1.29, 1.82) is 0 Å². The van der Waals surface area contributed by atoms with E-state index in [2.05, 4.69) is 43.5 Å². The number of ether oxygens (including phenoxy) is 1. The highest BCUT2D eigenvalue weighted by molar-refractivity contribution is 7.47. The van der Waals surface area contributed by atoms with Crippen LogP contribution in [0.2, 0.25) is 0 Å². The summed E-state index contributed by atoms with van der Waals surface area (Å²) < 4.78 is 27.0. The fourth-order valence-corrected chi connectivity index (χ4v) is 8.23. The summed E-state index contributed by atoms with van der Waals surface area (Å²) in [6.07, 6.45) is 54.1. The van der Waals surface area contributed by atoms with E-state index in [1.807, 2.05) is 0 Å². The molecule has 1 amide bonds. The highest BCUT2D eigenvalue weighted by Crippen LogP contribution is 2.42. The van der Waals surface area contributed by atoms with Gasteiger partial charge in [0.15, 0.2) is 0 Å². The van der Waals surface area contributed by atoms with E-state index in [1.165, 1.54) is 167 Å². The molecule has 0 aliphatic carbocycles. The first-order valence-corrected chi connectivity index (χ1v) is 27.3. The predicted octanol–water partition coefficient (Wildman–Crippen LogP) is 15.1. The molecule has 0 aromatic rings. The third-order valence-electron chi connectivity index (χ3n) is 11.4. The van der Waals surface area contributed by atoms with E-state index in [9.17, 15) is 24.2 Å². The Morgan fingerprint density at radius 3 is 1.33 bits per heavy atom. The van der Waals surface area contributed by atoms with Crippen molar-refractivity contribution in [3.63, 3.8) is 0 Å². The Bertz CT molecular complexity index is 1050. The van der Waals surface area contributed by atoms with Gasteiger partial charge in [0.2, 0.25) is 5.91 Å². The normalized spacial score (nSPS) is 13.3. The summed E-state index contributed by atoms with van der Waals surface area (Å²) in [5.74, 6) is -0.519. The Morgan fingerprint density at radius 2 is 0.885 bits per heavy atom. The molecule has 3 N–H and O–H groups in total. The SMILES string of the molecule is CCCCCC/C=C\C/C=C\CCCCCCCC(=O)NCCOP(=O)(O)OCC(O)COC(=O)CCCCCCCCCCCCCCCCCCCCCCCCCC. The number of phosphoric ester groups is 1. The number of amides is 1. The fourth-order valence-electron chi connectivity index (χ4n) is 7.47. The number of allylic oxidation sites excluding steroid dienone is 4. The summed E-state index contributed by atoms with van der Waals surface area (Å²) in [6.45, 7) is 3.57. The molecule has 0 aromatic carbocycles. The van der Waals surface area contributed by atoms with Gasteiger partial charge in [-0.25, -0.2) is 4.57 Å². The fraction of sp³-hybridized carbons (Fsp3) is 0.882. The first-order valence-electron chi connectivity index (χ1n) is 25.8. The van der Waals surface area contributed by atoms with Crippen LogP contribution in [0.5, 0.6) is 0 Å². The average molecular weight is 884 g/mol. The van der Waals surface area contributed by atoms with Crippen LogP contribution in [0.1, 0.15) is 258 Å². The summed E-state index contributed by atoms with van der Waals surface area (Å²) in [6, 6.07) is 0. The van der Waals surface area contributed by atoms with Crippen LogP contribution in [0.15, 0.2) is 24.3 Å². The van der Waals surface area contributed by atoms with Gasteiger partial charge in [-0.1, -0.05) is 224 Å². The largest absolute Gasteiger partial charge is 0.472 e. The first kappa shape index (κ1) is 59.5. The van der Waals surface area contributed by atoms with Crippen LogP contribution in [0, 0.1) is 0 Å². The van der Waals surface area contributed by atoms with E-state index in [0.717, 1.165) is 64.2 Å². The molecule has 0 rings (SSSR count). The molecular formula is C51H98NO8P. The minimum absolute atomic E-state index is 0.0763. The van der Waals surface area contributed by atoms with Crippen molar-refractivity contribution >= 4 is 19.7 Å². The Kier molecular flexibility index (Phi) is 46.8. The Morgan fingerprint density at radius 1 is 0.508 bits per heavy atom. The summed E-state index contributed by atoms with van der Waals surface area (Å²) in [4.78, 5) is 34.0. The quantitative estimate of drug-likeness (QED) is 0.0238. The van der Waals surface area contributed by atoms with E-state index in [4.69, 9.17) is 13.8 Å². The van der Waals surface area contributed by atoms with Crippen LogP contribution < -0.4 is 5.32 Å². The standard InChI is InChI=1S/C51H98NO8P/c1-3-5-7-9-11-13-15-17-19-21-22-23-24-25-26-27-28-30-32-34-36-38-40-42-44-51(55)58-47-49(53)48-60-61(56,57)59-46-45-52-50(54)43-41-39-37-35-33-31-29-20-18-16-14-12-10-8-6-4-2/h14,16,20,29,49,53H,3-13,15,17-19,21-28,30-48H2,1-2H3,(H,52,54)(H,56,57)/b16-14-,29-20-. The van der Waals surface area contributed by atoms with Gasteiger partial charge in [-0.15, -0.1) is 0 Å². The number of carbonyl (C=O) groups excluding carboxylic acids is 2. The lowest BCUT2D eigenvalue weighted by molar-refractivity contribution is -0.147. The Balaban J connectivity index is 3.52. The molecule has 9 nitrogen and oxygen atoms in total. The van der Waals surface area contributed by atoms with Crippen molar-refractivity contribution in [3.8, 4) is 0 Å². The summed E-state index contributed by atoms with van der Waals surface area (Å²) >= 11 is 0. The molecule has 0 saturated heterocycles. The van der Waals surface area contributed by atoms with Crippen molar-refractivity contribution < 1.29 is 37.9 Å². The maximum Gasteiger partial charge on any atom is 0.472 e. The average Bonchev–Trinajstić information content (AvgIpc) is 3.25. The lowest BCUT2D eigenvalue weighted by Gasteiger charge is -2.15. The molecule has 0 aliphatic rings. The molecule has 0 aromatic heterocycles. The minimum Gasteiger partial charge on any atom is -0.463 e. The summed E-state index contributed by atoms with van der Waals surface area (Å²) in [5, 5.41) is 12.7. The molecule has 2 unspecified atom stereocenters. The van der Waals surface area contributed by atoms with Crippen LogP contribution in [0.4, 0.5) is 0 Å². The molecule has 61 heavy (non-hydrogen) atoms. The number of aliphatic hydroxyl groups excluding tert-OH is 1. The molecule has 10 heteroatoms. The van der Waals surface area contributed by atoms with E-state index in [0.29, 0.717) is 6.42 Å². The lowest BCUT2D eigenvalue weighted by Crippen LogP contribution is -2.27. The predicted molar refractivity (Wildman–Crippen MR) is 257 cm³/mol. The highest BCUT2D eigenvalue weighted by Gasteiger charge is 2.23. The van der Waals surface area contributed by atoms with Gasteiger partial charge in [-0.2, -0.15) is 0 Å². The number of aliphatic hydroxyl groups is 1. The van der Waals surface area contributed by atoms with E-state index < -0.39 is 26.5 Å². The van der Waals surface area contributed by atoms with Crippen molar-refractivity contribution in [3.05, 3.63) is 24.3 Å². The minimum atomic E-state index is -4.42. The monoisotopic (exact) mass is 884 g/mol. The van der Waals surface area contributed by atoms with Crippen molar-refractivity contribution in [1.82, 2.24) is 5.32 Å². The zero-order chi connectivity index (χ0) is 44.6. The topological polar surface area (TPSA) is 131 Å². The number of phosphoric acid groups is 1. The second-order valence-corrected chi connectivity index (χ2v) is 19.0. The maximum absolute atomic E-state index is 12.1. The van der Waals surface area contributed by atoms with Gasteiger partial charge in [-0.05, 0) is 44.9 Å². The van der Waals surface area contributed by atoms with Crippen LogP contribution in [0.25, 0.3) is 0 Å². The van der Waals surface area contributed by atoms with Crippen molar-refractivity contribution in [2.45, 2.75) is 264 Å². The van der Waals surface area contributed by atoms with E-state index in [1.54, 1.807) is 0 Å². The molecule has 0 saturated carbocycles. The van der Waals surface area contributed by atoms with E-state index >= 15 is 0 Å². The van der Waals surface area contributed by atoms with Gasteiger partial charge < -0.3 is 20.1 Å². The van der Waals surface area contributed by atoms with Gasteiger partial charge in [0.05, 0.1) is 13.2 Å². The Labute approximate surface area is 376 Å². The van der Waals surface area contributed by atoms with Gasteiger partial charge in [0, 0.05) is 19.4 Å². The summed E-state index contributed by atoms with van der Waals surface area (Å²) in [7, 11) is -4.42. The second kappa shape index (κ2) is 48.0. The molecule has 2 atom stereocenters. The summed E-state index contributed by atoms with van der Waals surface area (Å²) in [5.41, 5.74) is 0. The van der Waals surface area contributed by atoms with Crippen LogP contribution in [-0.2, 0) is 27.9 Å². The highest BCUT2D eigenvalue weighted by atomic mass is 31.2. The van der Waals surface area contributed by atoms with E-state index in [-0.39, 0.29) is 32.1 Å². The first-order chi connectivity index (χ1) is 29.8. The second-order valence-electron chi connectivity index (χ2n) is 17.5. The van der Waals surface area contributed by atoms with Crippen LogP contribution in [0.3, 0.4) is 0 Å².